The van der Waals surface area contributed by atoms with Crippen molar-refractivity contribution in [1.82, 2.24) is 29.1 Å². The Kier molecular flexibility index (Phi) is 11.4. The summed E-state index contributed by atoms with van der Waals surface area (Å²) in [6, 6.07) is 101. The fourth-order valence-electron chi connectivity index (χ4n) is 11.6. The van der Waals surface area contributed by atoms with Crippen molar-refractivity contribution >= 4 is 43.6 Å². The second kappa shape index (κ2) is 19.6. The van der Waals surface area contributed by atoms with E-state index >= 15 is 0 Å². The molecule has 0 saturated carbocycles. The van der Waals surface area contributed by atoms with Crippen LogP contribution >= 0.6 is 0 Å². The van der Waals surface area contributed by atoms with Gasteiger partial charge in [-0.15, -0.1) is 0 Å². The molecule has 0 saturated heterocycles. The van der Waals surface area contributed by atoms with Crippen LogP contribution in [0.15, 0.2) is 291 Å². The lowest BCUT2D eigenvalue weighted by Gasteiger charge is -2.19. The van der Waals surface area contributed by atoms with Crippen LogP contribution in [0.4, 0.5) is 0 Å². The van der Waals surface area contributed by atoms with Gasteiger partial charge in [-0.2, -0.15) is 0 Å². The average Bonchev–Trinajstić information content (AvgIpc) is 4.17. The lowest BCUT2D eigenvalue weighted by atomic mass is 10.0. The number of rotatable bonds is 10. The minimum absolute atomic E-state index is 0.559. The molecule has 6 nitrogen and oxygen atoms in total. The third-order valence-electron chi connectivity index (χ3n) is 15.4. The second-order valence-electron chi connectivity index (χ2n) is 20.2. The van der Waals surface area contributed by atoms with Gasteiger partial charge >= 0.3 is 0 Å². The molecule has 0 spiro atoms. The topological polar surface area (TPSA) is 61.4 Å². The zero-order chi connectivity index (χ0) is 52.9. The van der Waals surface area contributed by atoms with Gasteiger partial charge in [0.1, 0.15) is 0 Å². The molecule has 0 N–H and O–H groups in total. The quantitative estimate of drug-likeness (QED) is 0.137. The molecule has 0 unspecified atom stereocenters. The molecule has 0 fully saturated rings. The summed E-state index contributed by atoms with van der Waals surface area (Å²) in [7, 11) is 0. The van der Waals surface area contributed by atoms with Crippen molar-refractivity contribution in [2.24, 2.45) is 0 Å². The van der Waals surface area contributed by atoms with E-state index in [1.54, 1.807) is 0 Å². The summed E-state index contributed by atoms with van der Waals surface area (Å²) in [5.41, 5.74) is 19.9. The first-order chi connectivity index (χ1) is 39.7. The van der Waals surface area contributed by atoms with Gasteiger partial charge in [0.25, 0.3) is 0 Å². The van der Waals surface area contributed by atoms with E-state index in [0.29, 0.717) is 17.5 Å². The highest BCUT2D eigenvalue weighted by Crippen LogP contribution is 2.44. The maximum Gasteiger partial charge on any atom is 0.164 e. The molecule has 0 aliphatic rings. The normalized spacial score (nSPS) is 11.5. The Hall–Kier alpha value is -10.8. The third kappa shape index (κ3) is 8.22. The summed E-state index contributed by atoms with van der Waals surface area (Å²) in [6.45, 7) is 0. The van der Waals surface area contributed by atoms with Crippen LogP contribution in [0.25, 0.3) is 145 Å². The van der Waals surface area contributed by atoms with Crippen LogP contribution in [0.1, 0.15) is 0 Å². The largest absolute Gasteiger partial charge is 0.309 e. The molecule has 4 aromatic heterocycles. The fourth-order valence-corrected chi connectivity index (χ4v) is 11.6. The van der Waals surface area contributed by atoms with Crippen LogP contribution < -0.4 is 0 Å². The Balaban J connectivity index is 1.02. The van der Waals surface area contributed by atoms with Gasteiger partial charge in [0.15, 0.2) is 17.5 Å². The second-order valence-corrected chi connectivity index (χ2v) is 20.2. The van der Waals surface area contributed by atoms with Crippen LogP contribution in [0.3, 0.4) is 0 Å². The van der Waals surface area contributed by atoms with Crippen LogP contribution in [-0.2, 0) is 0 Å². The van der Waals surface area contributed by atoms with Crippen LogP contribution in [0.2, 0.25) is 0 Å². The highest BCUT2D eigenvalue weighted by molar-refractivity contribution is 6.14. The zero-order valence-electron chi connectivity index (χ0n) is 43.4. The van der Waals surface area contributed by atoms with E-state index in [4.69, 9.17) is 19.9 Å². The van der Waals surface area contributed by atoms with Crippen molar-refractivity contribution in [3.05, 3.63) is 291 Å². The summed E-state index contributed by atoms with van der Waals surface area (Å²) < 4.78 is 4.83. The van der Waals surface area contributed by atoms with Gasteiger partial charge in [0.05, 0.1) is 39.1 Å². The number of aromatic nitrogens is 6. The lowest BCUT2D eigenvalue weighted by Crippen LogP contribution is -2.04. The number of hydrogen-bond acceptors (Lipinski definition) is 4. The molecule has 0 aliphatic carbocycles. The van der Waals surface area contributed by atoms with Gasteiger partial charge < -0.3 is 9.13 Å². The predicted octanol–water partition coefficient (Wildman–Crippen LogP) is 18.8. The molecule has 4 heterocycles. The Morgan fingerprint density at radius 3 is 0.900 bits per heavy atom. The summed E-state index contributed by atoms with van der Waals surface area (Å²) in [5.74, 6) is 1.75. The van der Waals surface area contributed by atoms with Crippen molar-refractivity contribution < 1.29 is 0 Å². The fraction of sp³-hybridized carbons (Fsp3) is 0. The average molecular weight is 1020 g/mol. The van der Waals surface area contributed by atoms with Crippen molar-refractivity contribution in [1.29, 1.82) is 0 Å². The first kappa shape index (κ1) is 46.5. The standard InChI is InChI=1S/C74H48N6/c1-7-20-49(21-8-1)55-33-38-65-60(44-55)61-45-56(50-22-9-2-10-23-50)34-39-66(61)79(65)69-42-37-59(74-77-72(53-28-15-5-16-29-53)76-73(78-74)54-30-17-6-18-31-54)48-64(69)71-70(32-19-43-75-71)80-67-40-35-57(51-24-11-3-12-25-51)46-62(67)63-47-58(36-41-68(63)80)52-26-13-4-14-27-52/h1-48H. The number of nitrogens with zero attached hydrogens (tertiary/aromatic N) is 6. The van der Waals surface area contributed by atoms with Gasteiger partial charge in [-0.25, -0.2) is 15.0 Å². The zero-order valence-corrected chi connectivity index (χ0v) is 43.4. The third-order valence-corrected chi connectivity index (χ3v) is 15.4. The molecule has 0 bridgehead atoms. The summed E-state index contributed by atoms with van der Waals surface area (Å²) in [4.78, 5) is 21.1. The number of benzene rings is 11. The van der Waals surface area contributed by atoms with E-state index in [-0.39, 0.29) is 0 Å². The summed E-state index contributed by atoms with van der Waals surface area (Å²) in [5, 5.41) is 4.61. The maximum atomic E-state index is 5.46. The Morgan fingerprint density at radius 2 is 0.537 bits per heavy atom. The Morgan fingerprint density at radius 1 is 0.225 bits per heavy atom. The Bertz CT molecular complexity index is 4530. The van der Waals surface area contributed by atoms with Gasteiger partial charge in [0.2, 0.25) is 0 Å². The molecular weight excluding hydrogens is 973 g/mol. The van der Waals surface area contributed by atoms with Crippen molar-refractivity contribution in [2.45, 2.75) is 0 Å². The number of hydrogen-bond donors (Lipinski definition) is 0. The SMILES string of the molecule is c1ccc(-c2ccc3c(c2)c2cc(-c4ccccc4)ccc2n3-c2ccc(-c3nc(-c4ccccc4)nc(-c4ccccc4)n3)cc2-c2ncccc2-n2c3ccc(-c4ccccc4)cc3c3cc(-c4ccccc4)ccc32)cc1. The van der Waals surface area contributed by atoms with Crippen LogP contribution in [0, 0.1) is 0 Å². The highest BCUT2D eigenvalue weighted by Gasteiger charge is 2.24. The van der Waals surface area contributed by atoms with E-state index in [9.17, 15) is 0 Å². The van der Waals surface area contributed by atoms with E-state index in [0.717, 1.165) is 116 Å². The Labute approximate surface area is 462 Å². The van der Waals surface area contributed by atoms with Gasteiger partial charge in [0, 0.05) is 50.0 Å². The van der Waals surface area contributed by atoms with Gasteiger partial charge in [-0.3, -0.25) is 4.98 Å². The molecule has 0 radical (unpaired) electrons. The van der Waals surface area contributed by atoms with Crippen molar-refractivity contribution in [3.8, 4) is 101 Å². The molecule has 80 heavy (non-hydrogen) atoms. The molecular formula is C74H48N6. The van der Waals surface area contributed by atoms with Crippen molar-refractivity contribution in [2.75, 3.05) is 0 Å². The highest BCUT2D eigenvalue weighted by atomic mass is 15.0. The summed E-state index contributed by atoms with van der Waals surface area (Å²) in [6.07, 6.45) is 1.91. The van der Waals surface area contributed by atoms with E-state index in [2.05, 4.69) is 258 Å². The molecule has 15 aromatic rings. The molecule has 0 amide bonds. The number of pyridine rings is 1. The molecule has 0 atom stereocenters. The summed E-state index contributed by atoms with van der Waals surface area (Å²) >= 11 is 0. The number of fused-ring (bicyclic) bond motifs is 6. The first-order valence-corrected chi connectivity index (χ1v) is 27.0. The van der Waals surface area contributed by atoms with Crippen LogP contribution in [0.5, 0.6) is 0 Å². The van der Waals surface area contributed by atoms with Crippen molar-refractivity contribution in [3.63, 3.8) is 0 Å². The molecule has 0 aliphatic heterocycles. The monoisotopic (exact) mass is 1020 g/mol. The molecule has 15 rings (SSSR count). The molecule has 374 valence electrons. The lowest BCUT2D eigenvalue weighted by molar-refractivity contribution is 1.07. The smallest absolute Gasteiger partial charge is 0.164 e. The van der Waals surface area contributed by atoms with Gasteiger partial charge in [-0.1, -0.05) is 206 Å². The van der Waals surface area contributed by atoms with E-state index in [1.165, 1.54) is 11.1 Å². The van der Waals surface area contributed by atoms with Crippen LogP contribution in [-0.4, -0.2) is 29.1 Å². The van der Waals surface area contributed by atoms with Gasteiger partial charge in [-0.05, 0) is 123 Å². The van der Waals surface area contributed by atoms with E-state index in [1.807, 2.05) is 42.6 Å². The molecule has 6 heteroatoms. The first-order valence-electron chi connectivity index (χ1n) is 27.0. The molecule has 11 aromatic carbocycles. The predicted molar refractivity (Wildman–Crippen MR) is 330 cm³/mol. The maximum absolute atomic E-state index is 5.46. The van der Waals surface area contributed by atoms with E-state index < -0.39 is 0 Å². The minimum atomic E-state index is 0.559. The minimum Gasteiger partial charge on any atom is -0.309 e.